The Hall–Kier alpha value is -2.73. The Bertz CT molecular complexity index is 1360. The van der Waals surface area contributed by atoms with Crippen LogP contribution in [0.2, 0.25) is 5.02 Å². The van der Waals surface area contributed by atoms with Gasteiger partial charge in [-0.05, 0) is 56.1 Å². The molecule has 5 rings (SSSR count). The fourth-order valence-corrected chi connectivity index (χ4v) is 5.40. The van der Waals surface area contributed by atoms with Crippen LogP contribution < -0.4 is 10.2 Å². The maximum atomic E-state index is 12.8. The number of nitrogens with zero attached hydrogens (tertiary/aromatic N) is 3. The van der Waals surface area contributed by atoms with Crippen molar-refractivity contribution < 1.29 is 4.79 Å². The van der Waals surface area contributed by atoms with E-state index in [0.717, 1.165) is 67.4 Å². The first-order valence-electron chi connectivity index (χ1n) is 12.5. The van der Waals surface area contributed by atoms with Gasteiger partial charge in [0, 0.05) is 67.1 Å². The second kappa shape index (κ2) is 11.5. The summed E-state index contributed by atoms with van der Waals surface area (Å²) in [5.41, 5.74) is 5.27. The summed E-state index contributed by atoms with van der Waals surface area (Å²) < 4.78 is 2.16. The highest BCUT2D eigenvalue weighted by Crippen LogP contribution is 2.30. The highest BCUT2D eigenvalue weighted by molar-refractivity contribution is 6.34. The monoisotopic (exact) mass is 524 g/mol. The van der Waals surface area contributed by atoms with Crippen LogP contribution in [0.4, 0.5) is 5.69 Å². The van der Waals surface area contributed by atoms with E-state index in [2.05, 4.69) is 82.2 Å². The average molecular weight is 526 g/mol. The smallest absolute Gasteiger partial charge is 0.251 e. The number of benzene rings is 3. The molecule has 0 spiro atoms. The molecule has 1 fully saturated rings. The van der Waals surface area contributed by atoms with Gasteiger partial charge >= 0.3 is 0 Å². The lowest BCUT2D eigenvalue weighted by Crippen LogP contribution is -2.46. The number of halogens is 2. The third kappa shape index (κ3) is 5.34. The first-order chi connectivity index (χ1) is 17.0. The second-order valence-corrected chi connectivity index (χ2v) is 9.89. The third-order valence-electron chi connectivity index (χ3n) is 7.25. The van der Waals surface area contributed by atoms with Gasteiger partial charge in [0.05, 0.1) is 10.7 Å². The first-order valence-corrected chi connectivity index (χ1v) is 12.9. The van der Waals surface area contributed by atoms with Crippen molar-refractivity contribution in [2.75, 3.05) is 44.2 Å². The molecule has 4 aromatic rings. The molecule has 7 heteroatoms. The summed E-state index contributed by atoms with van der Waals surface area (Å²) in [6.07, 6.45) is 2.06. The van der Waals surface area contributed by atoms with Gasteiger partial charge in [-0.1, -0.05) is 48.0 Å². The average Bonchev–Trinajstić information content (AvgIpc) is 3.17. The minimum absolute atomic E-state index is 0. The van der Waals surface area contributed by atoms with Gasteiger partial charge in [-0.25, -0.2) is 0 Å². The number of unbranched alkanes of at least 4 members (excludes halogenated alkanes) is 1. The van der Waals surface area contributed by atoms with Crippen LogP contribution in [-0.2, 0) is 7.05 Å². The lowest BCUT2D eigenvalue weighted by molar-refractivity contribution is 0.0952. The molecule has 0 unspecified atom stereocenters. The van der Waals surface area contributed by atoms with Crippen LogP contribution in [0.1, 0.15) is 28.8 Å². The minimum atomic E-state index is 0. The van der Waals surface area contributed by atoms with E-state index >= 15 is 0 Å². The summed E-state index contributed by atoms with van der Waals surface area (Å²) in [6.45, 7) is 7.90. The molecular weight excluding hydrogens is 491 g/mol. The van der Waals surface area contributed by atoms with E-state index in [1.165, 1.54) is 16.3 Å². The number of piperazine rings is 1. The molecule has 190 valence electrons. The lowest BCUT2D eigenvalue weighted by atomic mass is 10.1. The molecule has 0 bridgehead atoms. The second-order valence-electron chi connectivity index (χ2n) is 9.51. The van der Waals surface area contributed by atoms with Crippen molar-refractivity contribution >= 4 is 57.4 Å². The van der Waals surface area contributed by atoms with Crippen LogP contribution in [0.25, 0.3) is 21.8 Å². The zero-order valence-electron chi connectivity index (χ0n) is 21.0. The topological polar surface area (TPSA) is 40.5 Å². The zero-order chi connectivity index (χ0) is 24.4. The predicted octanol–water partition coefficient (Wildman–Crippen LogP) is 6.05. The largest absolute Gasteiger partial charge is 0.368 e. The lowest BCUT2D eigenvalue weighted by Gasteiger charge is -2.36. The van der Waals surface area contributed by atoms with Gasteiger partial charge in [-0.15, -0.1) is 12.4 Å². The number of fused-ring (bicyclic) bond motifs is 3. The maximum Gasteiger partial charge on any atom is 0.251 e. The number of carbonyl (C=O) groups is 1. The molecule has 1 saturated heterocycles. The fraction of sp³-hybridized carbons (Fsp3) is 0.345. The number of hydrogen-bond donors (Lipinski definition) is 1. The van der Waals surface area contributed by atoms with Gasteiger partial charge in [0.2, 0.25) is 0 Å². The molecule has 1 aliphatic heterocycles. The van der Waals surface area contributed by atoms with Crippen molar-refractivity contribution in [2.24, 2.45) is 7.05 Å². The van der Waals surface area contributed by atoms with Gasteiger partial charge < -0.3 is 14.8 Å². The minimum Gasteiger partial charge on any atom is -0.368 e. The van der Waals surface area contributed by atoms with Crippen molar-refractivity contribution in [1.29, 1.82) is 0 Å². The van der Waals surface area contributed by atoms with E-state index in [1.807, 2.05) is 12.1 Å². The zero-order valence-corrected chi connectivity index (χ0v) is 22.5. The summed E-state index contributed by atoms with van der Waals surface area (Å²) in [6, 6.07) is 20.6. The van der Waals surface area contributed by atoms with Gasteiger partial charge in [0.1, 0.15) is 0 Å². The summed E-state index contributed by atoms with van der Waals surface area (Å²) >= 11 is 6.51. The van der Waals surface area contributed by atoms with Crippen molar-refractivity contribution in [1.82, 2.24) is 14.8 Å². The van der Waals surface area contributed by atoms with Crippen LogP contribution >= 0.6 is 24.0 Å². The number of carbonyl (C=O) groups excluding carboxylic acids is 1. The number of hydrogen-bond acceptors (Lipinski definition) is 3. The standard InChI is InChI=1S/C29H33ClN4O.ClH/c1-21-8-7-11-26(28(21)30)34-18-16-33(17-19-34)15-6-5-14-31-29(35)22-12-13-24-23-9-3-4-10-25(23)32(2)27(24)20-22;/h3-4,7-13,20H,5-6,14-19H2,1-2H3,(H,31,35);1H. The Kier molecular flexibility index (Phi) is 8.45. The third-order valence-corrected chi connectivity index (χ3v) is 7.74. The number of para-hydroxylation sites is 1. The van der Waals surface area contributed by atoms with Gasteiger partial charge in [-0.3, -0.25) is 9.69 Å². The number of aromatic nitrogens is 1. The predicted molar refractivity (Wildman–Crippen MR) is 154 cm³/mol. The normalized spacial score (nSPS) is 14.2. The Labute approximate surface area is 224 Å². The molecule has 1 aliphatic rings. The van der Waals surface area contributed by atoms with E-state index in [9.17, 15) is 4.79 Å². The molecule has 36 heavy (non-hydrogen) atoms. The molecule has 2 heterocycles. The molecule has 1 aromatic heterocycles. The summed E-state index contributed by atoms with van der Waals surface area (Å²) in [5, 5.41) is 6.38. The Morgan fingerprint density at radius 1 is 0.917 bits per heavy atom. The number of rotatable bonds is 7. The van der Waals surface area contributed by atoms with Crippen LogP contribution in [0.5, 0.6) is 0 Å². The van der Waals surface area contributed by atoms with Crippen molar-refractivity contribution in [2.45, 2.75) is 19.8 Å². The highest BCUT2D eigenvalue weighted by Gasteiger charge is 2.19. The number of aryl methyl sites for hydroxylation is 2. The van der Waals surface area contributed by atoms with E-state index in [4.69, 9.17) is 11.6 Å². The summed E-state index contributed by atoms with van der Waals surface area (Å²) in [7, 11) is 2.06. The molecule has 0 atom stereocenters. The number of amides is 1. The molecule has 1 N–H and O–H groups in total. The molecule has 0 radical (unpaired) electrons. The van der Waals surface area contributed by atoms with Crippen LogP contribution in [0.15, 0.2) is 60.7 Å². The van der Waals surface area contributed by atoms with E-state index in [0.29, 0.717) is 12.1 Å². The van der Waals surface area contributed by atoms with Crippen LogP contribution in [0, 0.1) is 6.92 Å². The van der Waals surface area contributed by atoms with E-state index in [-0.39, 0.29) is 18.3 Å². The van der Waals surface area contributed by atoms with Crippen LogP contribution in [-0.4, -0.2) is 54.6 Å². The maximum absolute atomic E-state index is 12.8. The van der Waals surface area contributed by atoms with Crippen molar-refractivity contribution in [3.8, 4) is 0 Å². The van der Waals surface area contributed by atoms with Gasteiger partial charge in [0.15, 0.2) is 0 Å². The van der Waals surface area contributed by atoms with Crippen molar-refractivity contribution in [3.05, 3.63) is 76.8 Å². The van der Waals surface area contributed by atoms with Crippen molar-refractivity contribution in [3.63, 3.8) is 0 Å². The molecule has 3 aromatic carbocycles. The SMILES string of the molecule is Cc1cccc(N2CCN(CCCCNC(=O)c3ccc4c5ccccc5n(C)c4c3)CC2)c1Cl.Cl. The fourth-order valence-electron chi connectivity index (χ4n) is 5.15. The Morgan fingerprint density at radius 2 is 1.67 bits per heavy atom. The van der Waals surface area contributed by atoms with E-state index in [1.54, 1.807) is 0 Å². The van der Waals surface area contributed by atoms with E-state index < -0.39 is 0 Å². The molecular formula is C29H34Cl2N4O. The molecule has 5 nitrogen and oxygen atoms in total. The number of nitrogens with one attached hydrogen (secondary N) is 1. The Morgan fingerprint density at radius 3 is 2.47 bits per heavy atom. The van der Waals surface area contributed by atoms with Gasteiger partial charge in [-0.2, -0.15) is 0 Å². The first kappa shape index (κ1) is 26.3. The summed E-state index contributed by atoms with van der Waals surface area (Å²) in [4.78, 5) is 17.7. The quantitative estimate of drug-likeness (QED) is 0.299. The van der Waals surface area contributed by atoms with Crippen LogP contribution in [0.3, 0.4) is 0 Å². The molecule has 0 aliphatic carbocycles. The summed E-state index contributed by atoms with van der Waals surface area (Å²) in [5.74, 6) is 0.000744. The molecule has 1 amide bonds. The Balaban J connectivity index is 0.00000304. The molecule has 0 saturated carbocycles. The van der Waals surface area contributed by atoms with Gasteiger partial charge in [0.25, 0.3) is 5.91 Å². The highest BCUT2D eigenvalue weighted by atomic mass is 35.5. The number of anilines is 1.